The second-order valence-corrected chi connectivity index (χ2v) is 5.70. The second-order valence-electron chi connectivity index (χ2n) is 4.65. The molecule has 0 atom stereocenters. The highest BCUT2D eigenvalue weighted by Gasteiger charge is 2.08. The van der Waals surface area contributed by atoms with Crippen molar-refractivity contribution in [2.75, 3.05) is 5.73 Å². The molecule has 0 aliphatic carbocycles. The van der Waals surface area contributed by atoms with Crippen LogP contribution in [-0.4, -0.2) is 20.2 Å². The van der Waals surface area contributed by atoms with Gasteiger partial charge in [-0.15, -0.1) is 16.9 Å². The van der Waals surface area contributed by atoms with Crippen LogP contribution in [0.5, 0.6) is 0 Å². The lowest BCUT2D eigenvalue weighted by atomic mass is 10.2. The van der Waals surface area contributed by atoms with E-state index in [1.807, 2.05) is 49.4 Å². The van der Waals surface area contributed by atoms with Gasteiger partial charge in [0.05, 0.1) is 11.4 Å². The molecule has 0 saturated heterocycles. The van der Waals surface area contributed by atoms with Crippen LogP contribution in [0.2, 0.25) is 0 Å². The lowest BCUT2D eigenvalue weighted by molar-refractivity contribution is 0.777. The van der Waals surface area contributed by atoms with Crippen LogP contribution < -0.4 is 5.73 Å². The maximum Gasteiger partial charge on any atom is 0.166 e. The van der Waals surface area contributed by atoms with E-state index >= 15 is 0 Å². The van der Waals surface area contributed by atoms with Crippen molar-refractivity contribution in [2.24, 2.45) is 0 Å². The molecule has 0 aliphatic heterocycles. The lowest BCUT2D eigenvalue weighted by Crippen LogP contribution is -2.01. The average molecular weight is 297 g/mol. The number of aryl methyl sites for hydroxylation is 1. The minimum atomic E-state index is 0.700. The number of rotatable bonds is 4. The van der Waals surface area contributed by atoms with Gasteiger partial charge in [0.2, 0.25) is 0 Å². The van der Waals surface area contributed by atoms with Gasteiger partial charge in [-0.05, 0) is 53.2 Å². The minimum absolute atomic E-state index is 0.700. The molecule has 1 aromatic heterocycles. The molecule has 0 radical (unpaired) electrons. The summed E-state index contributed by atoms with van der Waals surface area (Å²) >= 11 is 1.69. The van der Waals surface area contributed by atoms with Gasteiger partial charge in [0.15, 0.2) is 5.82 Å². The fourth-order valence-electron chi connectivity index (χ4n) is 1.95. The Kier molecular flexibility index (Phi) is 3.87. The van der Waals surface area contributed by atoms with Gasteiger partial charge in [-0.2, -0.15) is 4.68 Å². The number of nitrogens with two attached hydrogens (primary N) is 1. The Labute approximate surface area is 127 Å². The van der Waals surface area contributed by atoms with Gasteiger partial charge < -0.3 is 5.73 Å². The molecule has 106 valence electrons. The van der Waals surface area contributed by atoms with E-state index in [0.717, 1.165) is 27.7 Å². The van der Waals surface area contributed by atoms with Gasteiger partial charge >= 0.3 is 0 Å². The van der Waals surface area contributed by atoms with Crippen LogP contribution >= 0.6 is 11.8 Å². The van der Waals surface area contributed by atoms with Crippen molar-refractivity contribution >= 4 is 17.4 Å². The van der Waals surface area contributed by atoms with E-state index in [2.05, 4.69) is 21.6 Å². The van der Waals surface area contributed by atoms with E-state index in [1.165, 1.54) is 0 Å². The number of hydrogen-bond acceptors (Lipinski definition) is 5. The smallest absolute Gasteiger partial charge is 0.166 e. The minimum Gasteiger partial charge on any atom is -0.399 e. The predicted octanol–water partition coefficient (Wildman–Crippen LogP) is 2.85. The third kappa shape index (κ3) is 3.05. The highest BCUT2D eigenvalue weighted by atomic mass is 32.2. The zero-order chi connectivity index (χ0) is 14.7. The van der Waals surface area contributed by atoms with Crippen molar-refractivity contribution in [1.29, 1.82) is 0 Å². The Morgan fingerprint density at radius 3 is 2.71 bits per heavy atom. The Morgan fingerprint density at radius 1 is 1.14 bits per heavy atom. The summed E-state index contributed by atoms with van der Waals surface area (Å²) in [5.74, 6) is 1.52. The zero-order valence-corrected chi connectivity index (χ0v) is 12.4. The summed E-state index contributed by atoms with van der Waals surface area (Å²) in [6, 6.07) is 15.9. The quantitative estimate of drug-likeness (QED) is 0.592. The zero-order valence-electron chi connectivity index (χ0n) is 11.6. The summed E-state index contributed by atoms with van der Waals surface area (Å²) in [4.78, 5) is 1.16. The van der Waals surface area contributed by atoms with Gasteiger partial charge in [-0.25, -0.2) is 0 Å². The molecule has 3 rings (SSSR count). The van der Waals surface area contributed by atoms with Gasteiger partial charge in [0, 0.05) is 10.6 Å². The van der Waals surface area contributed by atoms with Crippen LogP contribution in [0.4, 0.5) is 5.69 Å². The summed E-state index contributed by atoms with van der Waals surface area (Å²) in [7, 11) is 0. The number of anilines is 1. The van der Waals surface area contributed by atoms with Crippen LogP contribution in [0.15, 0.2) is 53.4 Å². The van der Waals surface area contributed by atoms with E-state index < -0.39 is 0 Å². The fraction of sp³-hybridized carbons (Fsp3) is 0.133. The van der Waals surface area contributed by atoms with Crippen molar-refractivity contribution in [3.63, 3.8) is 0 Å². The molecular formula is C15H15N5S. The molecule has 1 heterocycles. The summed E-state index contributed by atoms with van der Waals surface area (Å²) in [6.45, 7) is 2.01. The number of thioether (sulfide) groups is 1. The van der Waals surface area contributed by atoms with Crippen LogP contribution in [0.1, 0.15) is 11.4 Å². The van der Waals surface area contributed by atoms with E-state index in [9.17, 15) is 0 Å². The van der Waals surface area contributed by atoms with Crippen molar-refractivity contribution < 1.29 is 0 Å². The Bertz CT molecular complexity index is 739. The molecule has 2 N–H and O–H groups in total. The molecule has 21 heavy (non-hydrogen) atoms. The van der Waals surface area contributed by atoms with E-state index in [4.69, 9.17) is 5.73 Å². The van der Waals surface area contributed by atoms with E-state index in [-0.39, 0.29) is 0 Å². The molecule has 2 aromatic carbocycles. The van der Waals surface area contributed by atoms with E-state index in [1.54, 1.807) is 16.4 Å². The third-order valence-corrected chi connectivity index (χ3v) is 4.13. The maximum atomic E-state index is 5.83. The molecular weight excluding hydrogens is 282 g/mol. The number of nitrogens with zero attached hydrogens (tertiary/aromatic N) is 4. The Balaban J connectivity index is 1.77. The number of hydrogen-bond donors (Lipinski definition) is 1. The molecule has 0 amide bonds. The molecule has 0 bridgehead atoms. The normalized spacial score (nSPS) is 10.7. The number of nitrogen functional groups attached to an aromatic ring is 1. The summed E-state index contributed by atoms with van der Waals surface area (Å²) < 4.78 is 1.76. The van der Waals surface area contributed by atoms with Crippen LogP contribution in [0, 0.1) is 6.92 Å². The number of para-hydroxylation sites is 1. The van der Waals surface area contributed by atoms with Crippen LogP contribution in [0.3, 0.4) is 0 Å². The molecule has 0 fully saturated rings. The third-order valence-electron chi connectivity index (χ3n) is 3.14. The van der Waals surface area contributed by atoms with Crippen LogP contribution in [-0.2, 0) is 5.75 Å². The molecule has 0 saturated carbocycles. The summed E-state index contributed by atoms with van der Waals surface area (Å²) in [5.41, 5.74) is 8.70. The van der Waals surface area contributed by atoms with Gasteiger partial charge in [0.25, 0.3) is 0 Å². The van der Waals surface area contributed by atoms with E-state index in [0.29, 0.717) is 5.75 Å². The molecule has 3 aromatic rings. The van der Waals surface area contributed by atoms with Crippen molar-refractivity contribution in [1.82, 2.24) is 20.2 Å². The predicted molar refractivity (Wildman–Crippen MR) is 84.3 cm³/mol. The molecule has 0 unspecified atom stereocenters. The number of aromatic nitrogens is 4. The molecule has 0 aliphatic rings. The fourth-order valence-corrected chi connectivity index (χ4v) is 2.85. The van der Waals surface area contributed by atoms with Gasteiger partial charge in [-0.3, -0.25) is 0 Å². The van der Waals surface area contributed by atoms with Gasteiger partial charge in [-0.1, -0.05) is 18.2 Å². The van der Waals surface area contributed by atoms with Gasteiger partial charge in [0.1, 0.15) is 0 Å². The first-order valence-corrected chi connectivity index (χ1v) is 7.54. The Morgan fingerprint density at radius 2 is 1.95 bits per heavy atom. The largest absolute Gasteiger partial charge is 0.399 e. The standard InChI is InChI=1S/C15H15N5S/c1-11-9-13(7-8-14(11)16)21-10-15-17-18-19-20(15)12-5-3-2-4-6-12/h2-9H,10,16H2,1H3. The SMILES string of the molecule is Cc1cc(SCc2nnnn2-c2ccccc2)ccc1N. The Hall–Kier alpha value is -2.34. The number of tetrazole rings is 1. The van der Waals surface area contributed by atoms with Crippen molar-refractivity contribution in [3.8, 4) is 5.69 Å². The highest BCUT2D eigenvalue weighted by molar-refractivity contribution is 7.98. The average Bonchev–Trinajstić information content (AvgIpc) is 2.98. The maximum absolute atomic E-state index is 5.83. The lowest BCUT2D eigenvalue weighted by Gasteiger charge is -2.06. The molecule has 5 nitrogen and oxygen atoms in total. The monoisotopic (exact) mass is 297 g/mol. The first-order chi connectivity index (χ1) is 10.2. The van der Waals surface area contributed by atoms with Crippen molar-refractivity contribution in [2.45, 2.75) is 17.6 Å². The number of benzene rings is 2. The first kappa shape index (κ1) is 13.6. The molecule has 6 heteroatoms. The first-order valence-electron chi connectivity index (χ1n) is 6.55. The summed E-state index contributed by atoms with van der Waals surface area (Å²) in [6.07, 6.45) is 0. The topological polar surface area (TPSA) is 69.6 Å². The van der Waals surface area contributed by atoms with Crippen LogP contribution in [0.25, 0.3) is 5.69 Å². The highest BCUT2D eigenvalue weighted by Crippen LogP contribution is 2.25. The summed E-state index contributed by atoms with van der Waals surface area (Å²) in [5, 5.41) is 11.9. The molecule has 0 spiro atoms. The second kappa shape index (κ2) is 5.97. The van der Waals surface area contributed by atoms with Crippen molar-refractivity contribution in [3.05, 3.63) is 59.9 Å².